The summed E-state index contributed by atoms with van der Waals surface area (Å²) in [6.45, 7) is 5.36. The van der Waals surface area contributed by atoms with Gasteiger partial charge in [-0.05, 0) is 31.2 Å². The number of piperazine rings is 1. The van der Waals surface area contributed by atoms with Crippen LogP contribution in [-0.4, -0.2) is 77.0 Å². The summed E-state index contributed by atoms with van der Waals surface area (Å²) in [4.78, 5) is 15.6. The molecule has 0 saturated carbocycles. The van der Waals surface area contributed by atoms with Crippen molar-refractivity contribution in [1.29, 1.82) is 0 Å². The van der Waals surface area contributed by atoms with Gasteiger partial charge in [-0.1, -0.05) is 0 Å². The van der Waals surface area contributed by atoms with Crippen molar-refractivity contribution < 1.29 is 22.8 Å². The highest BCUT2D eigenvalue weighted by atomic mass is 32.2. The molecule has 1 aromatic carbocycles. The first-order valence-electron chi connectivity index (χ1n) is 8.13. The molecule has 1 N–H and O–H groups in total. The van der Waals surface area contributed by atoms with Crippen molar-refractivity contribution in [2.24, 2.45) is 0 Å². The molecule has 0 spiro atoms. The molecule has 1 aliphatic rings. The second kappa shape index (κ2) is 7.96. The minimum Gasteiger partial charge on any atom is -0.494 e. The summed E-state index contributed by atoms with van der Waals surface area (Å²) in [7, 11) is -0.167. The van der Waals surface area contributed by atoms with Crippen LogP contribution in [0.4, 0.5) is 0 Å². The van der Waals surface area contributed by atoms with Gasteiger partial charge >= 0.3 is 0 Å². The molecule has 0 radical (unpaired) electrons. The van der Waals surface area contributed by atoms with Gasteiger partial charge in [-0.2, -0.15) is 4.31 Å². The van der Waals surface area contributed by atoms with Gasteiger partial charge in [0.05, 0.1) is 51.3 Å². The van der Waals surface area contributed by atoms with Crippen molar-refractivity contribution in [2.45, 2.75) is 11.8 Å². The van der Waals surface area contributed by atoms with Crippen LogP contribution in [0.15, 0.2) is 29.2 Å². The third-order valence-corrected chi connectivity index (χ3v) is 5.99. The zero-order valence-electron chi connectivity index (χ0n) is 14.5. The third kappa shape index (κ3) is 4.46. The molecule has 0 aliphatic carbocycles. The van der Waals surface area contributed by atoms with E-state index in [0.717, 1.165) is 17.4 Å². The molecule has 0 bridgehead atoms. The Morgan fingerprint density at radius 2 is 1.83 bits per heavy atom. The fourth-order valence-electron chi connectivity index (χ4n) is 2.57. The molecule has 24 heavy (non-hydrogen) atoms. The van der Waals surface area contributed by atoms with Gasteiger partial charge in [-0.15, -0.1) is 0 Å². The lowest BCUT2D eigenvalue weighted by Crippen LogP contribution is -3.12. The number of carbonyl (C=O) groups excluding carboxylic acids is 1. The van der Waals surface area contributed by atoms with E-state index in [9.17, 15) is 13.2 Å². The van der Waals surface area contributed by atoms with Gasteiger partial charge in [0.15, 0.2) is 0 Å². The zero-order valence-corrected chi connectivity index (χ0v) is 15.3. The van der Waals surface area contributed by atoms with E-state index in [1.165, 1.54) is 24.1 Å². The average Bonchev–Trinajstić information content (AvgIpc) is 2.56. The third-order valence-electron chi connectivity index (χ3n) is 4.17. The predicted octanol–water partition coefficient (Wildman–Crippen LogP) is -0.937. The Labute approximate surface area is 143 Å². The molecule has 1 aliphatic heterocycles. The quantitative estimate of drug-likeness (QED) is 0.714. The molecule has 0 unspecified atom stereocenters. The van der Waals surface area contributed by atoms with Crippen molar-refractivity contribution in [3.8, 4) is 5.75 Å². The molecule has 1 heterocycles. The van der Waals surface area contributed by atoms with Crippen molar-refractivity contribution in [1.82, 2.24) is 9.21 Å². The van der Waals surface area contributed by atoms with Gasteiger partial charge in [0, 0.05) is 7.05 Å². The Hall–Kier alpha value is -1.64. The number of nitrogens with one attached hydrogen (secondary N) is 1. The smallest absolute Gasteiger partial charge is 0.243 e. The summed E-state index contributed by atoms with van der Waals surface area (Å²) < 4.78 is 31.6. The molecule has 1 fully saturated rings. The topological polar surface area (TPSA) is 71.4 Å². The molecule has 1 saturated heterocycles. The molecular weight excluding hydrogens is 330 g/mol. The van der Waals surface area contributed by atoms with Gasteiger partial charge in [-0.25, -0.2) is 8.42 Å². The van der Waals surface area contributed by atoms with Gasteiger partial charge in [-0.3, -0.25) is 4.79 Å². The predicted molar refractivity (Wildman–Crippen MR) is 90.6 cm³/mol. The lowest BCUT2D eigenvalue weighted by Gasteiger charge is -2.31. The number of carbonyl (C=O) groups is 1. The first kappa shape index (κ1) is 18.7. The Kier molecular flexibility index (Phi) is 6.20. The van der Waals surface area contributed by atoms with Crippen molar-refractivity contribution in [3.63, 3.8) is 0 Å². The number of hydrogen-bond donors (Lipinski definition) is 1. The SMILES string of the molecule is CCOc1ccc(S(=O)(=O)N(C)CC(=O)N2CC[NH+](C)CC2)cc1. The van der Waals surface area contributed by atoms with Crippen LogP contribution in [0.5, 0.6) is 5.75 Å². The maximum absolute atomic E-state index is 12.6. The number of nitrogens with zero attached hydrogens (tertiary/aromatic N) is 2. The van der Waals surface area contributed by atoms with Gasteiger partial charge in [0.25, 0.3) is 0 Å². The first-order valence-corrected chi connectivity index (χ1v) is 9.57. The highest BCUT2D eigenvalue weighted by molar-refractivity contribution is 7.89. The van der Waals surface area contributed by atoms with Crippen LogP contribution in [0.3, 0.4) is 0 Å². The fourth-order valence-corrected chi connectivity index (χ4v) is 3.69. The molecule has 134 valence electrons. The van der Waals surface area contributed by atoms with Gasteiger partial charge < -0.3 is 14.5 Å². The fraction of sp³-hybridized carbons (Fsp3) is 0.562. The normalized spacial score (nSPS) is 16.4. The number of benzene rings is 1. The van der Waals surface area contributed by atoms with Crippen LogP contribution in [0, 0.1) is 0 Å². The highest BCUT2D eigenvalue weighted by Crippen LogP contribution is 2.18. The standard InChI is InChI=1S/C16H25N3O4S/c1-4-23-14-5-7-15(8-6-14)24(21,22)18(3)13-16(20)19-11-9-17(2)10-12-19/h5-8H,4,9-13H2,1-3H3/p+1. The first-order chi connectivity index (χ1) is 11.3. The minimum atomic E-state index is -3.69. The van der Waals surface area contributed by atoms with Gasteiger partial charge in [0.2, 0.25) is 15.9 Å². The molecule has 0 atom stereocenters. The number of ether oxygens (including phenoxy) is 1. The Bertz CT molecular complexity index is 652. The summed E-state index contributed by atoms with van der Waals surface area (Å²) >= 11 is 0. The largest absolute Gasteiger partial charge is 0.494 e. The summed E-state index contributed by atoms with van der Waals surface area (Å²) in [6, 6.07) is 6.24. The summed E-state index contributed by atoms with van der Waals surface area (Å²) in [5.74, 6) is 0.467. The number of likely N-dealkylation sites (N-methyl/N-ethyl adjacent to an activating group) is 2. The van der Waals surface area contributed by atoms with E-state index in [1.807, 2.05) is 6.92 Å². The van der Waals surface area contributed by atoms with Crippen molar-refractivity contribution >= 4 is 15.9 Å². The molecule has 1 amide bonds. The van der Waals surface area contributed by atoms with Gasteiger partial charge in [0.1, 0.15) is 5.75 Å². The molecule has 0 aromatic heterocycles. The van der Waals surface area contributed by atoms with Crippen LogP contribution in [-0.2, 0) is 14.8 Å². The van der Waals surface area contributed by atoms with Crippen LogP contribution in [0.1, 0.15) is 6.92 Å². The lowest BCUT2D eigenvalue weighted by molar-refractivity contribution is -0.883. The molecule has 7 nitrogen and oxygen atoms in total. The highest BCUT2D eigenvalue weighted by Gasteiger charge is 2.27. The second-order valence-corrected chi connectivity index (χ2v) is 8.05. The van der Waals surface area contributed by atoms with E-state index in [2.05, 4.69) is 7.05 Å². The number of hydrogen-bond acceptors (Lipinski definition) is 4. The second-order valence-electron chi connectivity index (χ2n) is 6.00. The maximum Gasteiger partial charge on any atom is 0.243 e. The van der Waals surface area contributed by atoms with E-state index in [4.69, 9.17) is 4.74 Å². The summed E-state index contributed by atoms with van der Waals surface area (Å²) in [6.07, 6.45) is 0. The molecule has 8 heteroatoms. The average molecular weight is 356 g/mol. The number of quaternary nitrogens is 1. The van der Waals surface area contributed by atoms with Crippen molar-refractivity contribution in [3.05, 3.63) is 24.3 Å². The van der Waals surface area contributed by atoms with E-state index in [-0.39, 0.29) is 17.3 Å². The van der Waals surface area contributed by atoms with Crippen LogP contribution < -0.4 is 9.64 Å². The molecular formula is C16H26N3O4S+. The molecule has 2 rings (SSSR count). The number of sulfonamides is 1. The van der Waals surface area contributed by atoms with E-state index in [1.54, 1.807) is 17.0 Å². The Morgan fingerprint density at radius 1 is 1.25 bits per heavy atom. The zero-order chi connectivity index (χ0) is 17.7. The summed E-state index contributed by atoms with van der Waals surface area (Å²) in [5, 5.41) is 0. The van der Waals surface area contributed by atoms with Crippen molar-refractivity contribution in [2.75, 3.05) is 53.4 Å². The Balaban J connectivity index is 2.01. The van der Waals surface area contributed by atoms with Crippen LogP contribution in [0.25, 0.3) is 0 Å². The summed E-state index contributed by atoms with van der Waals surface area (Å²) in [5.41, 5.74) is 0. The minimum absolute atomic E-state index is 0.144. The van der Waals surface area contributed by atoms with E-state index < -0.39 is 10.0 Å². The van der Waals surface area contributed by atoms with Crippen LogP contribution >= 0.6 is 0 Å². The molecule has 1 aromatic rings. The van der Waals surface area contributed by atoms with E-state index >= 15 is 0 Å². The lowest BCUT2D eigenvalue weighted by atomic mass is 10.3. The maximum atomic E-state index is 12.6. The monoisotopic (exact) mass is 356 g/mol. The van der Waals surface area contributed by atoms with Crippen LogP contribution in [0.2, 0.25) is 0 Å². The number of rotatable bonds is 6. The number of amides is 1. The Morgan fingerprint density at radius 3 is 2.38 bits per heavy atom. The van der Waals surface area contributed by atoms with E-state index in [0.29, 0.717) is 25.4 Å².